The molecule has 0 aromatic carbocycles. The number of carbonyl (C=O) groups is 1. The average Bonchev–Trinajstić information content (AvgIpc) is 3.04. The van der Waals surface area contributed by atoms with Crippen LogP contribution in [0, 0.1) is 5.92 Å². The van der Waals surface area contributed by atoms with E-state index < -0.39 is 0 Å². The van der Waals surface area contributed by atoms with Gasteiger partial charge in [-0.2, -0.15) is 0 Å². The Bertz CT molecular complexity index is 243. The normalized spacial score (nSPS) is 21.6. The van der Waals surface area contributed by atoms with Gasteiger partial charge in [0.05, 0.1) is 6.54 Å². The van der Waals surface area contributed by atoms with E-state index in [-0.39, 0.29) is 5.91 Å². The molecule has 1 amide bonds. The zero-order valence-electron chi connectivity index (χ0n) is 11.5. The quantitative estimate of drug-likeness (QED) is 0.684. The summed E-state index contributed by atoms with van der Waals surface area (Å²) < 4.78 is 0. The lowest BCUT2D eigenvalue weighted by Gasteiger charge is -2.12. The van der Waals surface area contributed by atoms with Crippen molar-refractivity contribution in [3.8, 4) is 0 Å². The SMILES string of the molecule is O=C(CNC1CCCC1)NCCCC1CCCC1. The molecule has 0 heterocycles. The highest BCUT2D eigenvalue weighted by atomic mass is 16.1. The van der Waals surface area contributed by atoms with Crippen LogP contribution in [-0.2, 0) is 4.79 Å². The molecule has 2 aliphatic carbocycles. The minimum absolute atomic E-state index is 0.174. The summed E-state index contributed by atoms with van der Waals surface area (Å²) in [6, 6.07) is 0.592. The van der Waals surface area contributed by atoms with E-state index in [1.54, 1.807) is 0 Å². The molecular weight excluding hydrogens is 224 g/mol. The largest absolute Gasteiger partial charge is 0.355 e. The van der Waals surface area contributed by atoms with Crippen LogP contribution in [0.4, 0.5) is 0 Å². The van der Waals surface area contributed by atoms with Crippen LogP contribution in [0.25, 0.3) is 0 Å². The van der Waals surface area contributed by atoms with E-state index in [2.05, 4.69) is 10.6 Å². The molecule has 0 radical (unpaired) electrons. The fraction of sp³-hybridized carbons (Fsp3) is 0.933. The van der Waals surface area contributed by atoms with Gasteiger partial charge in [0.2, 0.25) is 5.91 Å². The molecule has 0 aromatic rings. The third-order valence-corrected chi connectivity index (χ3v) is 4.49. The fourth-order valence-corrected chi connectivity index (χ4v) is 3.35. The molecule has 0 spiro atoms. The Morgan fingerprint density at radius 2 is 1.67 bits per heavy atom. The molecule has 2 rings (SSSR count). The maximum absolute atomic E-state index is 11.6. The van der Waals surface area contributed by atoms with Gasteiger partial charge < -0.3 is 10.6 Å². The number of hydrogen-bond donors (Lipinski definition) is 2. The molecule has 0 unspecified atom stereocenters. The number of carbonyl (C=O) groups excluding carboxylic acids is 1. The first-order valence-electron chi connectivity index (χ1n) is 7.84. The second-order valence-corrected chi connectivity index (χ2v) is 6.00. The van der Waals surface area contributed by atoms with Crippen molar-refractivity contribution in [1.29, 1.82) is 0 Å². The van der Waals surface area contributed by atoms with Crippen molar-refractivity contribution in [2.24, 2.45) is 5.92 Å². The summed E-state index contributed by atoms with van der Waals surface area (Å²) >= 11 is 0. The zero-order chi connectivity index (χ0) is 12.6. The summed E-state index contributed by atoms with van der Waals surface area (Å²) in [7, 11) is 0. The maximum Gasteiger partial charge on any atom is 0.233 e. The van der Waals surface area contributed by atoms with Gasteiger partial charge in [0.15, 0.2) is 0 Å². The third kappa shape index (κ3) is 4.97. The van der Waals surface area contributed by atoms with Crippen LogP contribution in [0.2, 0.25) is 0 Å². The van der Waals surface area contributed by atoms with E-state index in [0.29, 0.717) is 12.6 Å². The van der Waals surface area contributed by atoms with E-state index in [4.69, 9.17) is 0 Å². The van der Waals surface area contributed by atoms with Gasteiger partial charge in [0, 0.05) is 12.6 Å². The second kappa shape index (κ2) is 7.78. The van der Waals surface area contributed by atoms with Gasteiger partial charge in [-0.25, -0.2) is 0 Å². The standard InChI is InChI=1S/C15H28N2O/c18-15(12-17-14-9-3-4-10-14)16-11-5-8-13-6-1-2-7-13/h13-14,17H,1-12H2,(H,16,18). The van der Waals surface area contributed by atoms with E-state index in [1.165, 1.54) is 57.8 Å². The summed E-state index contributed by atoms with van der Waals surface area (Å²) in [5, 5.41) is 6.38. The molecule has 104 valence electrons. The van der Waals surface area contributed by atoms with Crippen molar-refractivity contribution in [1.82, 2.24) is 10.6 Å². The van der Waals surface area contributed by atoms with Crippen molar-refractivity contribution >= 4 is 5.91 Å². The monoisotopic (exact) mass is 252 g/mol. The highest BCUT2D eigenvalue weighted by Crippen LogP contribution is 2.28. The van der Waals surface area contributed by atoms with Gasteiger partial charge in [-0.15, -0.1) is 0 Å². The van der Waals surface area contributed by atoms with Crippen LogP contribution < -0.4 is 10.6 Å². The zero-order valence-corrected chi connectivity index (χ0v) is 11.5. The Labute approximate surface area is 111 Å². The Morgan fingerprint density at radius 3 is 2.39 bits per heavy atom. The van der Waals surface area contributed by atoms with Gasteiger partial charge in [-0.3, -0.25) is 4.79 Å². The molecule has 2 fully saturated rings. The minimum atomic E-state index is 0.174. The van der Waals surface area contributed by atoms with Crippen molar-refractivity contribution in [2.45, 2.75) is 70.3 Å². The Hall–Kier alpha value is -0.570. The molecular formula is C15H28N2O. The summed E-state index contributed by atoms with van der Waals surface area (Å²) in [5.41, 5.74) is 0. The van der Waals surface area contributed by atoms with Crippen molar-refractivity contribution in [3.05, 3.63) is 0 Å². The maximum atomic E-state index is 11.6. The molecule has 2 aliphatic rings. The summed E-state index contributed by atoms with van der Waals surface area (Å²) in [6.45, 7) is 1.37. The predicted molar refractivity (Wildman–Crippen MR) is 74.5 cm³/mol. The molecule has 0 bridgehead atoms. The Kier molecular flexibility index (Phi) is 5.98. The van der Waals surface area contributed by atoms with Crippen LogP contribution in [0.1, 0.15) is 64.2 Å². The van der Waals surface area contributed by atoms with Crippen LogP contribution in [-0.4, -0.2) is 25.0 Å². The van der Waals surface area contributed by atoms with Gasteiger partial charge in [-0.05, 0) is 31.6 Å². The summed E-state index contributed by atoms with van der Waals surface area (Å²) in [5.74, 6) is 1.12. The highest BCUT2D eigenvalue weighted by molar-refractivity contribution is 5.77. The van der Waals surface area contributed by atoms with Crippen LogP contribution in [0.5, 0.6) is 0 Å². The predicted octanol–water partition coefficient (Wildman–Crippen LogP) is 2.61. The summed E-state index contributed by atoms with van der Waals surface area (Å²) in [6.07, 6.45) is 13.3. The molecule has 18 heavy (non-hydrogen) atoms. The first-order valence-corrected chi connectivity index (χ1v) is 7.84. The number of amides is 1. The van der Waals surface area contributed by atoms with Crippen molar-refractivity contribution in [3.63, 3.8) is 0 Å². The lowest BCUT2D eigenvalue weighted by Crippen LogP contribution is -2.38. The van der Waals surface area contributed by atoms with E-state index in [0.717, 1.165) is 18.9 Å². The third-order valence-electron chi connectivity index (χ3n) is 4.49. The first-order chi connectivity index (χ1) is 8.84. The number of nitrogens with one attached hydrogen (secondary N) is 2. The van der Waals surface area contributed by atoms with Crippen LogP contribution in [0.15, 0.2) is 0 Å². The summed E-state index contributed by atoms with van der Waals surface area (Å²) in [4.78, 5) is 11.6. The lowest BCUT2D eigenvalue weighted by atomic mass is 10.0. The van der Waals surface area contributed by atoms with E-state index >= 15 is 0 Å². The van der Waals surface area contributed by atoms with Gasteiger partial charge in [-0.1, -0.05) is 38.5 Å². The Balaban J connectivity index is 1.44. The fourth-order valence-electron chi connectivity index (χ4n) is 3.35. The molecule has 0 aliphatic heterocycles. The van der Waals surface area contributed by atoms with Crippen molar-refractivity contribution < 1.29 is 4.79 Å². The highest BCUT2D eigenvalue weighted by Gasteiger charge is 2.16. The van der Waals surface area contributed by atoms with Crippen molar-refractivity contribution in [2.75, 3.05) is 13.1 Å². The van der Waals surface area contributed by atoms with Gasteiger partial charge in [0.25, 0.3) is 0 Å². The number of rotatable bonds is 7. The molecule has 0 atom stereocenters. The molecule has 2 saturated carbocycles. The molecule has 0 saturated heterocycles. The molecule has 3 nitrogen and oxygen atoms in total. The second-order valence-electron chi connectivity index (χ2n) is 6.00. The van der Waals surface area contributed by atoms with E-state index in [9.17, 15) is 4.79 Å². The Morgan fingerprint density at radius 1 is 1.00 bits per heavy atom. The molecule has 2 N–H and O–H groups in total. The molecule has 3 heteroatoms. The van der Waals surface area contributed by atoms with Crippen LogP contribution >= 0.6 is 0 Å². The minimum Gasteiger partial charge on any atom is -0.355 e. The molecule has 0 aromatic heterocycles. The average molecular weight is 252 g/mol. The smallest absolute Gasteiger partial charge is 0.233 e. The first kappa shape index (κ1) is 13.9. The van der Waals surface area contributed by atoms with E-state index in [1.807, 2.05) is 0 Å². The van der Waals surface area contributed by atoms with Gasteiger partial charge in [0.1, 0.15) is 0 Å². The lowest BCUT2D eigenvalue weighted by molar-refractivity contribution is -0.120. The van der Waals surface area contributed by atoms with Crippen LogP contribution in [0.3, 0.4) is 0 Å². The number of hydrogen-bond acceptors (Lipinski definition) is 2. The topological polar surface area (TPSA) is 41.1 Å². The van der Waals surface area contributed by atoms with Gasteiger partial charge >= 0.3 is 0 Å².